The van der Waals surface area contributed by atoms with E-state index in [4.69, 9.17) is 25.9 Å². The third kappa shape index (κ3) is 8.26. The van der Waals surface area contributed by atoms with E-state index in [1.807, 2.05) is 0 Å². The zero-order valence-corrected chi connectivity index (χ0v) is 21.9. The van der Waals surface area contributed by atoms with Gasteiger partial charge in [0, 0.05) is 6.07 Å². The summed E-state index contributed by atoms with van der Waals surface area (Å²) in [7, 11) is 2.45. The molecule has 0 heterocycles. The number of hydrogen-bond acceptors (Lipinski definition) is 10. The molecule has 206 valence electrons. The SMILES string of the molecule is COC=C(NOC(C)C(=O)SC(C)C(=O)OC)c1cc(Oc2ccc(C(F)(F)F)cc2Cl)ccc1[N+](=O)[O-]. The van der Waals surface area contributed by atoms with Gasteiger partial charge in [0.15, 0.2) is 6.10 Å². The summed E-state index contributed by atoms with van der Waals surface area (Å²) in [4.78, 5) is 40.2. The Morgan fingerprint density at radius 1 is 1.16 bits per heavy atom. The molecule has 0 saturated heterocycles. The summed E-state index contributed by atoms with van der Waals surface area (Å²) in [6.07, 6.45) is -4.65. The number of esters is 1. The molecule has 10 nitrogen and oxygen atoms in total. The van der Waals surface area contributed by atoms with Gasteiger partial charge in [0.25, 0.3) is 5.69 Å². The van der Waals surface area contributed by atoms with Crippen molar-refractivity contribution in [3.8, 4) is 11.5 Å². The second-order valence-corrected chi connectivity index (χ2v) is 9.17. The van der Waals surface area contributed by atoms with Crippen LogP contribution in [0.15, 0.2) is 42.7 Å². The minimum absolute atomic E-state index is 0.0114. The molecule has 2 aromatic carbocycles. The first-order valence-electron chi connectivity index (χ1n) is 10.5. The molecule has 1 N–H and O–H groups in total. The van der Waals surface area contributed by atoms with Crippen molar-refractivity contribution in [3.05, 3.63) is 68.9 Å². The number of hydrogen-bond donors (Lipinski definition) is 1. The Labute approximate surface area is 224 Å². The van der Waals surface area contributed by atoms with E-state index in [2.05, 4.69) is 10.2 Å². The fourth-order valence-corrected chi connectivity index (χ4v) is 3.78. The first-order valence-corrected chi connectivity index (χ1v) is 11.8. The highest BCUT2D eigenvalue weighted by Crippen LogP contribution is 2.38. The summed E-state index contributed by atoms with van der Waals surface area (Å²) >= 11 is 6.61. The van der Waals surface area contributed by atoms with E-state index in [0.29, 0.717) is 17.8 Å². The van der Waals surface area contributed by atoms with E-state index in [-0.39, 0.29) is 27.8 Å². The first kappa shape index (κ1) is 30.7. The maximum absolute atomic E-state index is 12.9. The molecule has 0 aliphatic rings. The van der Waals surface area contributed by atoms with Crippen LogP contribution in [-0.2, 0) is 30.1 Å². The lowest BCUT2D eigenvalue weighted by Crippen LogP contribution is -2.28. The van der Waals surface area contributed by atoms with Crippen LogP contribution in [0, 0.1) is 10.1 Å². The molecule has 2 unspecified atom stereocenters. The van der Waals surface area contributed by atoms with Crippen LogP contribution in [0.4, 0.5) is 18.9 Å². The number of nitro benzene ring substituents is 1. The number of hydroxylamine groups is 1. The number of ether oxygens (including phenoxy) is 3. The summed E-state index contributed by atoms with van der Waals surface area (Å²) in [6, 6.07) is 5.99. The highest BCUT2D eigenvalue weighted by atomic mass is 35.5. The quantitative estimate of drug-likeness (QED) is 0.153. The van der Waals surface area contributed by atoms with E-state index in [1.54, 1.807) is 0 Å². The number of methoxy groups -OCH3 is 2. The maximum atomic E-state index is 12.9. The van der Waals surface area contributed by atoms with Gasteiger partial charge in [-0.3, -0.25) is 30.0 Å². The lowest BCUT2D eigenvalue weighted by atomic mass is 10.1. The van der Waals surface area contributed by atoms with Crippen molar-refractivity contribution in [2.24, 2.45) is 0 Å². The average Bonchev–Trinajstić information content (AvgIpc) is 2.86. The van der Waals surface area contributed by atoms with Gasteiger partial charge < -0.3 is 14.2 Å². The zero-order valence-electron chi connectivity index (χ0n) is 20.3. The largest absolute Gasteiger partial charge is 0.502 e. The Kier molecular flexibility index (Phi) is 10.8. The standard InChI is InChI=1S/C23H22ClF3N2O8S/c1-12(22(31)38-13(2)21(30)35-4)37-28-18(11-34-3)16-10-15(6-7-19(16)29(32)33)36-20-8-5-14(9-17(20)24)23(25,26)27/h5-13,28H,1-4H3. The van der Waals surface area contributed by atoms with Gasteiger partial charge in [0.2, 0.25) is 5.12 Å². The van der Waals surface area contributed by atoms with Gasteiger partial charge in [-0.2, -0.15) is 13.2 Å². The molecule has 38 heavy (non-hydrogen) atoms. The van der Waals surface area contributed by atoms with Crippen LogP contribution in [0.5, 0.6) is 11.5 Å². The van der Waals surface area contributed by atoms with Crippen LogP contribution in [-0.4, -0.2) is 41.6 Å². The van der Waals surface area contributed by atoms with Crippen LogP contribution in [0.3, 0.4) is 0 Å². The number of rotatable bonds is 11. The molecule has 0 saturated carbocycles. The molecule has 15 heteroatoms. The number of carbonyl (C=O) groups is 2. The summed E-state index contributed by atoms with van der Waals surface area (Å²) in [5.74, 6) is -0.747. The Morgan fingerprint density at radius 3 is 2.39 bits per heavy atom. The second kappa shape index (κ2) is 13.3. The number of nitrogens with one attached hydrogen (secondary N) is 1. The predicted molar refractivity (Wildman–Crippen MR) is 132 cm³/mol. The van der Waals surface area contributed by atoms with Gasteiger partial charge in [0.05, 0.1) is 35.3 Å². The number of halogens is 4. The third-order valence-corrected chi connectivity index (χ3v) is 6.09. The van der Waals surface area contributed by atoms with Crippen molar-refractivity contribution in [3.63, 3.8) is 0 Å². The zero-order chi connectivity index (χ0) is 28.6. The average molecular weight is 579 g/mol. The molecular formula is C23H22ClF3N2O8S. The summed E-state index contributed by atoms with van der Waals surface area (Å²) in [5.41, 5.74) is 0.846. The van der Waals surface area contributed by atoms with Gasteiger partial charge in [-0.15, -0.1) is 0 Å². The van der Waals surface area contributed by atoms with E-state index >= 15 is 0 Å². The maximum Gasteiger partial charge on any atom is 0.416 e. The second-order valence-electron chi connectivity index (χ2n) is 7.41. The lowest BCUT2D eigenvalue weighted by Gasteiger charge is -2.17. The van der Waals surface area contributed by atoms with E-state index in [0.717, 1.165) is 24.5 Å². The Hall–Kier alpha value is -3.49. The van der Waals surface area contributed by atoms with Crippen molar-refractivity contribution >= 4 is 45.8 Å². The van der Waals surface area contributed by atoms with Crippen molar-refractivity contribution in [1.82, 2.24) is 5.48 Å². The Morgan fingerprint density at radius 2 is 1.84 bits per heavy atom. The highest BCUT2D eigenvalue weighted by Gasteiger charge is 2.31. The smallest absolute Gasteiger partial charge is 0.416 e. The number of alkyl halides is 3. The van der Waals surface area contributed by atoms with Gasteiger partial charge in [0.1, 0.15) is 28.7 Å². The minimum atomic E-state index is -4.61. The molecule has 0 spiro atoms. The van der Waals surface area contributed by atoms with Crippen LogP contribution in [0.2, 0.25) is 5.02 Å². The topological polar surface area (TPSA) is 126 Å². The van der Waals surface area contributed by atoms with Crippen LogP contribution in [0.1, 0.15) is 25.0 Å². The van der Waals surface area contributed by atoms with Crippen LogP contribution in [0.25, 0.3) is 5.70 Å². The monoisotopic (exact) mass is 578 g/mol. The number of benzene rings is 2. The molecule has 0 amide bonds. The lowest BCUT2D eigenvalue weighted by molar-refractivity contribution is -0.385. The van der Waals surface area contributed by atoms with Gasteiger partial charge in [-0.25, -0.2) is 0 Å². The van der Waals surface area contributed by atoms with E-state index in [9.17, 15) is 32.9 Å². The van der Waals surface area contributed by atoms with Crippen molar-refractivity contribution < 1.29 is 46.7 Å². The molecule has 2 atom stereocenters. The fourth-order valence-electron chi connectivity index (χ4n) is 2.78. The molecule has 0 aromatic heterocycles. The number of nitro groups is 1. The summed E-state index contributed by atoms with van der Waals surface area (Å²) in [5, 5.41) is 9.99. The number of carbonyl (C=O) groups excluding carboxylic acids is 2. The van der Waals surface area contributed by atoms with Gasteiger partial charge in [-0.1, -0.05) is 23.4 Å². The Balaban J connectivity index is 2.30. The molecule has 0 aliphatic carbocycles. The fraction of sp³-hybridized carbons (Fsp3) is 0.304. The normalized spacial score (nSPS) is 13.3. The molecular weight excluding hydrogens is 557 g/mol. The van der Waals surface area contributed by atoms with Gasteiger partial charge in [-0.05, 0) is 44.2 Å². The van der Waals surface area contributed by atoms with Crippen LogP contribution >= 0.6 is 23.4 Å². The summed E-state index contributed by atoms with van der Waals surface area (Å²) < 4.78 is 53.8. The molecule has 2 aromatic rings. The summed E-state index contributed by atoms with van der Waals surface area (Å²) in [6.45, 7) is 2.86. The molecule has 0 bridgehead atoms. The van der Waals surface area contributed by atoms with E-state index in [1.165, 1.54) is 40.2 Å². The molecule has 0 aliphatic heterocycles. The molecule has 2 rings (SSSR count). The Bertz CT molecular complexity index is 1230. The number of thioether (sulfide) groups is 1. The first-order chi connectivity index (χ1) is 17.8. The minimum Gasteiger partial charge on any atom is -0.502 e. The van der Waals surface area contributed by atoms with Crippen molar-refractivity contribution in [2.45, 2.75) is 31.4 Å². The highest BCUT2D eigenvalue weighted by molar-refractivity contribution is 8.14. The van der Waals surface area contributed by atoms with Crippen molar-refractivity contribution in [2.75, 3.05) is 14.2 Å². The number of nitrogens with zero attached hydrogens (tertiary/aromatic N) is 1. The van der Waals surface area contributed by atoms with Crippen molar-refractivity contribution in [1.29, 1.82) is 0 Å². The molecule has 0 radical (unpaired) electrons. The van der Waals surface area contributed by atoms with Crippen LogP contribution < -0.4 is 10.2 Å². The van der Waals surface area contributed by atoms with Gasteiger partial charge >= 0.3 is 12.1 Å². The third-order valence-electron chi connectivity index (χ3n) is 4.68. The molecule has 0 fully saturated rings. The van der Waals surface area contributed by atoms with E-state index < -0.39 is 44.8 Å². The predicted octanol–water partition coefficient (Wildman–Crippen LogP) is 5.74.